The van der Waals surface area contributed by atoms with Crippen molar-refractivity contribution in [1.82, 2.24) is 14.8 Å². The van der Waals surface area contributed by atoms with Gasteiger partial charge in [-0.1, -0.05) is 0 Å². The average molecular weight is 647 g/mol. The van der Waals surface area contributed by atoms with Gasteiger partial charge in [-0.15, -0.1) is 0 Å². The maximum absolute atomic E-state index is 14.2. The van der Waals surface area contributed by atoms with Gasteiger partial charge in [-0.05, 0) is 26.9 Å². The van der Waals surface area contributed by atoms with E-state index in [1.807, 2.05) is 30.0 Å². The molecule has 1 fully saturated rings. The molecule has 3 aliphatic rings. The number of hydrogen-bond acceptors (Lipinski definition) is 5. The van der Waals surface area contributed by atoms with Crippen molar-refractivity contribution in [2.45, 2.75) is 89.9 Å². The summed E-state index contributed by atoms with van der Waals surface area (Å²) in [6.45, 7) is 8.06. The summed E-state index contributed by atoms with van der Waals surface area (Å²) in [5, 5.41) is 0. The molecule has 1 aromatic heterocycles. The van der Waals surface area contributed by atoms with E-state index < -0.39 is 0 Å². The number of amides is 1. The fourth-order valence-electron chi connectivity index (χ4n) is 7.46. The van der Waals surface area contributed by atoms with Gasteiger partial charge >= 0.3 is 226 Å². The minimum atomic E-state index is -0.201. The minimum absolute atomic E-state index is 0.0920. The Morgan fingerprint density at radius 2 is 1.84 bits per heavy atom. The van der Waals surface area contributed by atoms with Crippen LogP contribution in [0.1, 0.15) is 76.5 Å². The molecule has 228 valence electrons. The van der Waals surface area contributed by atoms with Crippen LogP contribution >= 0.6 is 0 Å². The molecule has 43 heavy (non-hydrogen) atoms. The second-order valence-corrected chi connectivity index (χ2v) is 14.9. The number of rotatable bonds is 8. The van der Waals surface area contributed by atoms with E-state index in [9.17, 15) is 4.79 Å². The fourth-order valence-corrected chi connectivity index (χ4v) is 8.90. The summed E-state index contributed by atoms with van der Waals surface area (Å²) in [6.07, 6.45) is 6.62. The molecular weight excluding hydrogens is 601 g/mol. The van der Waals surface area contributed by atoms with Crippen molar-refractivity contribution < 1.29 is 14.3 Å². The monoisotopic (exact) mass is 647 g/mol. The first-order chi connectivity index (χ1) is 20.7. The summed E-state index contributed by atoms with van der Waals surface area (Å²) < 4.78 is 14.4. The van der Waals surface area contributed by atoms with Gasteiger partial charge < -0.3 is 4.90 Å². The number of carbonyl (C=O) groups is 1. The zero-order valence-corrected chi connectivity index (χ0v) is 28.2. The van der Waals surface area contributed by atoms with Crippen molar-refractivity contribution in [3.05, 3.63) is 81.5 Å². The van der Waals surface area contributed by atoms with Crippen LogP contribution in [0.3, 0.4) is 0 Å². The van der Waals surface area contributed by atoms with Crippen LogP contribution in [0.15, 0.2) is 42.5 Å². The number of pyridine rings is 1. The molecule has 1 atom stereocenters. The van der Waals surface area contributed by atoms with E-state index in [-0.39, 0.29) is 26.5 Å². The summed E-state index contributed by atoms with van der Waals surface area (Å²) in [5.74, 6) is 4.45. The molecule has 3 heterocycles. The van der Waals surface area contributed by atoms with Crippen LogP contribution in [0.25, 0.3) is 0 Å². The third-order valence-electron chi connectivity index (χ3n) is 9.96. The average Bonchev–Trinajstić information content (AvgIpc) is 3.36. The summed E-state index contributed by atoms with van der Waals surface area (Å²) in [5.41, 5.74) is 7.18. The van der Waals surface area contributed by atoms with Crippen molar-refractivity contribution in [2.24, 2.45) is 5.92 Å². The summed E-state index contributed by atoms with van der Waals surface area (Å²) in [4.78, 5) is 23.3. The number of benzene rings is 2. The maximum atomic E-state index is 14.2. The number of ether oxygens (including phenoxy) is 2. The van der Waals surface area contributed by atoms with E-state index in [2.05, 4.69) is 62.9 Å². The molecule has 7 heteroatoms. The van der Waals surface area contributed by atoms with Gasteiger partial charge in [-0.3, -0.25) is 0 Å². The van der Waals surface area contributed by atoms with Crippen molar-refractivity contribution in [3.63, 3.8) is 0 Å². The first kappa shape index (κ1) is 30.2. The molecule has 6 nitrogen and oxygen atoms in total. The molecule has 2 aliphatic heterocycles. The molecule has 1 saturated carbocycles. The van der Waals surface area contributed by atoms with Crippen LogP contribution in [0.4, 0.5) is 0 Å². The normalized spacial score (nSPS) is 23.2. The quantitative estimate of drug-likeness (QED) is 0.296. The first-order valence-corrected chi connectivity index (χ1v) is 18.2. The Bertz CT molecular complexity index is 1500. The van der Waals surface area contributed by atoms with E-state index in [0.717, 1.165) is 46.5 Å². The topological polar surface area (TPSA) is 54.9 Å². The molecule has 1 amide bonds. The van der Waals surface area contributed by atoms with Gasteiger partial charge in [0.15, 0.2) is 0 Å². The van der Waals surface area contributed by atoms with E-state index >= 15 is 0 Å². The number of aromatic nitrogens is 1. The predicted molar refractivity (Wildman–Crippen MR) is 173 cm³/mol. The molecule has 0 spiro atoms. The van der Waals surface area contributed by atoms with E-state index in [1.54, 1.807) is 0 Å². The van der Waals surface area contributed by atoms with Gasteiger partial charge in [0, 0.05) is 6.04 Å². The molecule has 0 radical (unpaired) electrons. The number of aryl methyl sites for hydroxylation is 1. The summed E-state index contributed by atoms with van der Waals surface area (Å²) in [7, 11) is 4.39. The third-order valence-corrected chi connectivity index (χ3v) is 11.6. The SMILES string of the molecule is C[Se]c1cc(C)nc(OCc2ccccc2)c1CN1CCc2cc3c(c(C)c2C1=O)OC(C)(C1CCC(N(C)C)CC1)C3. The van der Waals surface area contributed by atoms with Crippen molar-refractivity contribution in [1.29, 1.82) is 0 Å². The van der Waals surface area contributed by atoms with Crippen molar-refractivity contribution in [3.8, 4) is 11.6 Å². The van der Waals surface area contributed by atoms with E-state index in [4.69, 9.17) is 14.5 Å². The van der Waals surface area contributed by atoms with Crippen LogP contribution in [-0.4, -0.2) is 67.9 Å². The number of carbonyl (C=O) groups excluding carboxylic acids is 1. The van der Waals surface area contributed by atoms with Gasteiger partial charge in [0.25, 0.3) is 0 Å². The number of hydrogen-bond donors (Lipinski definition) is 0. The van der Waals surface area contributed by atoms with Crippen molar-refractivity contribution >= 4 is 25.3 Å². The van der Waals surface area contributed by atoms with Crippen molar-refractivity contribution in [2.75, 3.05) is 20.6 Å². The Morgan fingerprint density at radius 1 is 1.09 bits per heavy atom. The zero-order valence-electron chi connectivity index (χ0n) is 26.5. The molecule has 0 bridgehead atoms. The Hall–Kier alpha value is -2.86. The molecule has 1 aliphatic carbocycles. The number of nitrogens with zero attached hydrogens (tertiary/aromatic N) is 3. The van der Waals surface area contributed by atoms with Gasteiger partial charge in [-0.25, -0.2) is 0 Å². The molecule has 1 unspecified atom stereocenters. The van der Waals surface area contributed by atoms with Gasteiger partial charge in [-0.2, -0.15) is 0 Å². The molecule has 0 N–H and O–H groups in total. The Labute approximate surface area is 263 Å². The Morgan fingerprint density at radius 3 is 2.53 bits per heavy atom. The van der Waals surface area contributed by atoms with Crippen LogP contribution in [0.5, 0.6) is 11.6 Å². The zero-order chi connectivity index (χ0) is 30.3. The van der Waals surface area contributed by atoms with Gasteiger partial charge in [0.2, 0.25) is 0 Å². The molecule has 3 aromatic rings. The van der Waals surface area contributed by atoms with Crippen LogP contribution in [0, 0.1) is 19.8 Å². The second kappa shape index (κ2) is 12.3. The predicted octanol–water partition coefficient (Wildman–Crippen LogP) is 5.67. The standard InChI is InChI=1S/C36H45N3O3Se/c1-23-18-31(43-6)30(34(37-23)41-22-25-10-8-7-9-11-25)21-39-17-16-26-19-27-20-36(3,28-12-14-29(15-13-28)38(4)5)42-33(27)24(2)32(26)35(39)40/h7-11,18-19,28-29H,12-17,20-22H2,1-6H3. The number of fused-ring (bicyclic) bond motifs is 2. The molecule has 6 rings (SSSR count). The van der Waals surface area contributed by atoms with Gasteiger partial charge in [0.05, 0.1) is 0 Å². The molecule has 0 saturated heterocycles. The summed E-state index contributed by atoms with van der Waals surface area (Å²) in [6, 6.07) is 15.3. The molecular formula is C36H45N3O3Se. The Balaban J connectivity index is 1.23. The van der Waals surface area contributed by atoms with Gasteiger partial charge in [0.1, 0.15) is 0 Å². The summed E-state index contributed by atoms with van der Waals surface area (Å²) >= 11 is 0.241. The van der Waals surface area contributed by atoms with Crippen LogP contribution in [0.2, 0.25) is 5.82 Å². The second-order valence-electron chi connectivity index (χ2n) is 13.1. The Kier molecular flexibility index (Phi) is 8.61. The van der Waals surface area contributed by atoms with E-state index in [1.165, 1.54) is 41.3 Å². The van der Waals surface area contributed by atoms with E-state index in [0.29, 0.717) is 37.5 Å². The van der Waals surface area contributed by atoms with Crippen LogP contribution in [-0.2, 0) is 26.0 Å². The molecule has 2 aromatic carbocycles. The third kappa shape index (κ3) is 5.96. The van der Waals surface area contributed by atoms with Crippen LogP contribution < -0.4 is 13.9 Å². The fraction of sp³-hybridized carbons (Fsp3) is 0.500. The first-order valence-electron chi connectivity index (χ1n) is 15.7.